The number of anilines is 1. The van der Waals surface area contributed by atoms with Crippen LogP contribution in [0.3, 0.4) is 0 Å². The highest BCUT2D eigenvalue weighted by Crippen LogP contribution is 2.30. The average Bonchev–Trinajstić information content (AvgIpc) is 2.47. The second-order valence-electron chi connectivity index (χ2n) is 5.19. The summed E-state index contributed by atoms with van der Waals surface area (Å²) in [6.07, 6.45) is 4.82. The van der Waals surface area contributed by atoms with Crippen LogP contribution in [0.5, 0.6) is 0 Å². The minimum atomic E-state index is 0.652. The number of rotatable bonds is 2. The lowest BCUT2D eigenvalue weighted by atomic mass is 10.1. The van der Waals surface area contributed by atoms with Gasteiger partial charge in [-0.2, -0.15) is 0 Å². The minimum Gasteiger partial charge on any atom is -0.370 e. The van der Waals surface area contributed by atoms with E-state index in [-0.39, 0.29) is 0 Å². The van der Waals surface area contributed by atoms with E-state index in [2.05, 4.69) is 41.1 Å². The summed E-state index contributed by atoms with van der Waals surface area (Å²) in [5, 5.41) is 1.85. The van der Waals surface area contributed by atoms with Crippen molar-refractivity contribution >= 4 is 28.2 Å². The van der Waals surface area contributed by atoms with Crippen molar-refractivity contribution in [3.8, 4) is 0 Å². The molecule has 1 saturated heterocycles. The van der Waals surface area contributed by atoms with Crippen molar-refractivity contribution in [2.24, 2.45) is 0 Å². The molecule has 3 heteroatoms. The average molecular weight is 275 g/mol. The largest absolute Gasteiger partial charge is 0.370 e. The summed E-state index contributed by atoms with van der Waals surface area (Å²) in [5.41, 5.74) is 3.42. The molecule has 3 rings (SSSR count). The van der Waals surface area contributed by atoms with Crippen molar-refractivity contribution in [1.29, 1.82) is 0 Å². The Kier molecular flexibility index (Phi) is 3.61. The summed E-state index contributed by atoms with van der Waals surface area (Å²) in [5.74, 6) is 0. The summed E-state index contributed by atoms with van der Waals surface area (Å²) < 4.78 is 0. The maximum absolute atomic E-state index is 6.28. The lowest BCUT2D eigenvalue weighted by molar-refractivity contribution is 0.579. The zero-order valence-corrected chi connectivity index (χ0v) is 12.1. The monoisotopic (exact) mass is 274 g/mol. The Morgan fingerprint density at radius 1 is 1.21 bits per heavy atom. The second kappa shape index (κ2) is 5.38. The first-order valence-corrected chi connectivity index (χ1v) is 7.50. The van der Waals surface area contributed by atoms with Gasteiger partial charge in [0.05, 0.1) is 11.2 Å². The van der Waals surface area contributed by atoms with Crippen LogP contribution >= 0.6 is 11.6 Å². The number of para-hydroxylation sites is 1. The quantitative estimate of drug-likeness (QED) is 0.753. The molecule has 0 amide bonds. The number of aryl methyl sites for hydroxylation is 1. The van der Waals surface area contributed by atoms with Gasteiger partial charge in [0.1, 0.15) is 5.15 Å². The summed E-state index contributed by atoms with van der Waals surface area (Å²) >= 11 is 6.28. The molecule has 0 spiro atoms. The van der Waals surface area contributed by atoms with Crippen molar-refractivity contribution in [3.05, 3.63) is 35.0 Å². The predicted octanol–water partition coefficient (Wildman–Crippen LogP) is 4.44. The van der Waals surface area contributed by atoms with Gasteiger partial charge < -0.3 is 4.90 Å². The van der Waals surface area contributed by atoms with Crippen molar-refractivity contribution in [2.45, 2.75) is 32.6 Å². The molecule has 2 heterocycles. The van der Waals surface area contributed by atoms with Gasteiger partial charge in [-0.05, 0) is 43.4 Å². The number of nitrogens with zero attached hydrogens (tertiary/aromatic N) is 2. The van der Waals surface area contributed by atoms with Crippen LogP contribution in [-0.2, 0) is 6.42 Å². The van der Waals surface area contributed by atoms with Crippen LogP contribution in [0.25, 0.3) is 10.9 Å². The minimum absolute atomic E-state index is 0.652. The van der Waals surface area contributed by atoms with Crippen LogP contribution in [0.2, 0.25) is 5.15 Å². The maximum Gasteiger partial charge on any atom is 0.133 e. The van der Waals surface area contributed by atoms with Crippen LogP contribution < -0.4 is 4.90 Å². The molecule has 1 aliphatic rings. The fourth-order valence-corrected chi connectivity index (χ4v) is 3.11. The summed E-state index contributed by atoms with van der Waals surface area (Å²) in [6, 6.07) is 8.60. The standard InChI is InChI=1S/C16H19ClN2/c1-2-12-11-13-7-6-8-14(15(13)18-16(12)17)19-9-4-3-5-10-19/h6-8,11H,2-5,9-10H2,1H3. The Bertz CT molecular complexity index is 589. The first kappa shape index (κ1) is 12.7. The van der Waals surface area contributed by atoms with Crippen LogP contribution in [0.4, 0.5) is 5.69 Å². The molecular formula is C16H19ClN2. The molecule has 1 aromatic heterocycles. The van der Waals surface area contributed by atoms with E-state index in [1.807, 2.05) is 0 Å². The van der Waals surface area contributed by atoms with Gasteiger partial charge in [-0.15, -0.1) is 0 Å². The number of hydrogen-bond donors (Lipinski definition) is 0. The topological polar surface area (TPSA) is 16.1 Å². The molecule has 0 N–H and O–H groups in total. The van der Waals surface area contributed by atoms with Gasteiger partial charge in [0.25, 0.3) is 0 Å². The predicted molar refractivity (Wildman–Crippen MR) is 82.2 cm³/mol. The van der Waals surface area contributed by atoms with E-state index in [1.165, 1.54) is 30.3 Å². The number of halogens is 1. The molecular weight excluding hydrogens is 256 g/mol. The molecule has 0 aliphatic carbocycles. The summed E-state index contributed by atoms with van der Waals surface area (Å²) in [6.45, 7) is 4.38. The van der Waals surface area contributed by atoms with E-state index in [4.69, 9.17) is 11.6 Å². The molecule has 1 aliphatic heterocycles. The number of hydrogen-bond acceptors (Lipinski definition) is 2. The van der Waals surface area contributed by atoms with Crippen molar-refractivity contribution in [3.63, 3.8) is 0 Å². The first-order chi connectivity index (χ1) is 9.29. The van der Waals surface area contributed by atoms with Crippen LogP contribution in [0.1, 0.15) is 31.7 Å². The second-order valence-corrected chi connectivity index (χ2v) is 5.55. The van der Waals surface area contributed by atoms with E-state index >= 15 is 0 Å². The zero-order valence-electron chi connectivity index (χ0n) is 11.3. The van der Waals surface area contributed by atoms with E-state index in [0.29, 0.717) is 5.15 Å². The number of piperidine rings is 1. The van der Waals surface area contributed by atoms with Crippen LogP contribution in [0.15, 0.2) is 24.3 Å². The Balaban J connectivity index is 2.11. The number of aromatic nitrogens is 1. The van der Waals surface area contributed by atoms with Crippen molar-refractivity contribution < 1.29 is 0 Å². The van der Waals surface area contributed by atoms with Crippen LogP contribution in [-0.4, -0.2) is 18.1 Å². The maximum atomic E-state index is 6.28. The van der Waals surface area contributed by atoms with Crippen molar-refractivity contribution in [2.75, 3.05) is 18.0 Å². The van der Waals surface area contributed by atoms with E-state index in [0.717, 1.165) is 30.6 Å². The fraction of sp³-hybridized carbons (Fsp3) is 0.438. The number of fused-ring (bicyclic) bond motifs is 1. The molecule has 1 fully saturated rings. The van der Waals surface area contributed by atoms with Crippen LogP contribution in [0, 0.1) is 0 Å². The third-order valence-electron chi connectivity index (χ3n) is 3.93. The summed E-state index contributed by atoms with van der Waals surface area (Å²) in [4.78, 5) is 7.09. The number of pyridine rings is 1. The Morgan fingerprint density at radius 3 is 2.74 bits per heavy atom. The Morgan fingerprint density at radius 2 is 2.00 bits per heavy atom. The molecule has 0 bridgehead atoms. The van der Waals surface area contributed by atoms with Gasteiger partial charge in [-0.25, -0.2) is 4.98 Å². The van der Waals surface area contributed by atoms with Gasteiger partial charge in [0.15, 0.2) is 0 Å². The van der Waals surface area contributed by atoms with Gasteiger partial charge in [-0.1, -0.05) is 30.7 Å². The third kappa shape index (κ3) is 2.42. The Labute approximate surface area is 119 Å². The lowest BCUT2D eigenvalue weighted by Gasteiger charge is -2.29. The lowest BCUT2D eigenvalue weighted by Crippen LogP contribution is -2.29. The number of benzene rings is 1. The van der Waals surface area contributed by atoms with Gasteiger partial charge in [-0.3, -0.25) is 0 Å². The van der Waals surface area contributed by atoms with E-state index in [1.54, 1.807) is 0 Å². The molecule has 0 unspecified atom stereocenters. The normalized spacial score (nSPS) is 16.0. The smallest absolute Gasteiger partial charge is 0.133 e. The molecule has 0 saturated carbocycles. The van der Waals surface area contributed by atoms with E-state index in [9.17, 15) is 0 Å². The molecule has 0 radical (unpaired) electrons. The SMILES string of the molecule is CCc1cc2cccc(N3CCCCC3)c2nc1Cl. The van der Waals surface area contributed by atoms with Crippen molar-refractivity contribution in [1.82, 2.24) is 4.98 Å². The first-order valence-electron chi connectivity index (χ1n) is 7.12. The molecule has 19 heavy (non-hydrogen) atoms. The van der Waals surface area contributed by atoms with Gasteiger partial charge in [0.2, 0.25) is 0 Å². The highest BCUT2D eigenvalue weighted by atomic mass is 35.5. The molecule has 0 atom stereocenters. The van der Waals surface area contributed by atoms with Gasteiger partial charge >= 0.3 is 0 Å². The fourth-order valence-electron chi connectivity index (χ4n) is 2.84. The van der Waals surface area contributed by atoms with E-state index < -0.39 is 0 Å². The molecule has 2 aromatic rings. The summed E-state index contributed by atoms with van der Waals surface area (Å²) in [7, 11) is 0. The third-order valence-corrected chi connectivity index (χ3v) is 4.26. The molecule has 100 valence electrons. The highest BCUT2D eigenvalue weighted by Gasteiger charge is 2.15. The molecule has 2 nitrogen and oxygen atoms in total. The molecule has 1 aromatic carbocycles. The highest BCUT2D eigenvalue weighted by molar-refractivity contribution is 6.30. The Hall–Kier alpha value is -1.28. The van der Waals surface area contributed by atoms with Gasteiger partial charge in [0, 0.05) is 18.5 Å². The zero-order chi connectivity index (χ0) is 13.2.